The van der Waals surface area contributed by atoms with Crippen molar-refractivity contribution in [3.8, 4) is 0 Å². The van der Waals surface area contributed by atoms with Crippen molar-refractivity contribution in [2.45, 2.75) is 24.4 Å². The number of amides is 2. The van der Waals surface area contributed by atoms with Crippen LogP contribution in [-0.2, 0) is 14.4 Å². The lowest BCUT2D eigenvalue weighted by atomic mass is 10.0. The van der Waals surface area contributed by atoms with E-state index in [1.807, 2.05) is 6.07 Å². The van der Waals surface area contributed by atoms with E-state index in [9.17, 15) is 19.5 Å². The van der Waals surface area contributed by atoms with Gasteiger partial charge in [0.05, 0.1) is 0 Å². The first-order valence-electron chi connectivity index (χ1n) is 7.40. The molecule has 2 aliphatic heterocycles. The summed E-state index contributed by atoms with van der Waals surface area (Å²) in [5.41, 5.74) is 7.24. The lowest BCUT2D eigenvalue weighted by molar-refractivity contribution is -0.150. The summed E-state index contributed by atoms with van der Waals surface area (Å²) in [5, 5.41) is 11.5. The molecule has 1 saturated heterocycles. The maximum Gasteiger partial charge on any atom is 0.352 e. The van der Waals surface area contributed by atoms with Crippen LogP contribution in [0.5, 0.6) is 0 Å². The van der Waals surface area contributed by atoms with E-state index < -0.39 is 35.2 Å². The second kappa shape index (κ2) is 6.29. The van der Waals surface area contributed by atoms with Crippen LogP contribution in [-0.4, -0.2) is 45.0 Å². The third-order valence-electron chi connectivity index (χ3n) is 4.10. The van der Waals surface area contributed by atoms with Crippen LogP contribution in [0, 0.1) is 0 Å². The van der Waals surface area contributed by atoms with Crippen molar-refractivity contribution < 1.29 is 19.5 Å². The Hall–Kier alpha value is -2.32. The van der Waals surface area contributed by atoms with Crippen molar-refractivity contribution in [1.29, 1.82) is 0 Å². The Kier molecular flexibility index (Phi) is 4.33. The third kappa shape index (κ3) is 2.67. The molecule has 1 fully saturated rings. The number of fused-ring (bicyclic) bond motifs is 1. The molecule has 3 rings (SSSR count). The Bertz CT molecular complexity index is 734. The number of carbonyl (C=O) groups excluding carboxylic acids is 2. The number of carboxylic acid groups (broad SMARTS) is 1. The second-order valence-electron chi connectivity index (χ2n) is 5.72. The number of nitrogens with two attached hydrogens (primary N) is 1. The van der Waals surface area contributed by atoms with E-state index in [2.05, 4.69) is 5.32 Å². The molecule has 1 aromatic carbocycles. The molecule has 2 heterocycles. The first kappa shape index (κ1) is 16.5. The van der Waals surface area contributed by atoms with Crippen molar-refractivity contribution in [2.75, 3.05) is 5.75 Å². The first-order chi connectivity index (χ1) is 11.4. The number of hydrogen-bond donors (Lipinski definition) is 3. The minimum atomic E-state index is -1.13. The number of benzene rings is 1. The van der Waals surface area contributed by atoms with Crippen LogP contribution in [0.1, 0.15) is 18.5 Å². The van der Waals surface area contributed by atoms with Gasteiger partial charge in [0.1, 0.15) is 23.2 Å². The third-order valence-corrected chi connectivity index (χ3v) is 5.52. The van der Waals surface area contributed by atoms with Gasteiger partial charge in [-0.1, -0.05) is 30.3 Å². The number of carboxylic acids is 1. The number of carbonyl (C=O) groups is 3. The van der Waals surface area contributed by atoms with E-state index in [-0.39, 0.29) is 5.70 Å². The van der Waals surface area contributed by atoms with Crippen LogP contribution in [0.25, 0.3) is 0 Å². The predicted octanol–water partition coefficient (Wildman–Crippen LogP) is 0.445. The minimum Gasteiger partial charge on any atom is -0.477 e. The molecule has 126 valence electrons. The second-order valence-corrected chi connectivity index (χ2v) is 6.82. The summed E-state index contributed by atoms with van der Waals surface area (Å²) in [5.74, 6) is -1.50. The van der Waals surface area contributed by atoms with Crippen LogP contribution in [0.3, 0.4) is 0 Å². The van der Waals surface area contributed by atoms with Crippen molar-refractivity contribution in [3.05, 3.63) is 47.2 Å². The fourth-order valence-corrected chi connectivity index (χ4v) is 4.12. The molecular weight excluding hydrogens is 330 g/mol. The van der Waals surface area contributed by atoms with Gasteiger partial charge in [-0.25, -0.2) is 4.79 Å². The van der Waals surface area contributed by atoms with Gasteiger partial charge < -0.3 is 16.2 Å². The topological polar surface area (TPSA) is 113 Å². The van der Waals surface area contributed by atoms with E-state index in [1.165, 1.54) is 16.7 Å². The molecule has 8 heteroatoms. The maximum absolute atomic E-state index is 12.3. The molecule has 4 N–H and O–H groups in total. The zero-order valence-electron chi connectivity index (χ0n) is 12.9. The largest absolute Gasteiger partial charge is 0.477 e. The SMILES string of the molecule is CC1=C(C(=O)O)N2C(=O)[C@H](NC(=O)[C@@H](N)c3ccccc3)[C@H]2SC1. The Morgan fingerprint density at radius 3 is 2.67 bits per heavy atom. The van der Waals surface area contributed by atoms with Crippen molar-refractivity contribution in [1.82, 2.24) is 10.2 Å². The van der Waals surface area contributed by atoms with Crippen molar-refractivity contribution in [2.24, 2.45) is 5.73 Å². The van der Waals surface area contributed by atoms with Gasteiger partial charge in [0.2, 0.25) is 5.91 Å². The molecule has 3 atom stereocenters. The van der Waals surface area contributed by atoms with Crippen molar-refractivity contribution in [3.63, 3.8) is 0 Å². The monoisotopic (exact) mass is 347 g/mol. The van der Waals surface area contributed by atoms with E-state index in [0.717, 1.165) is 0 Å². The molecule has 7 nitrogen and oxygen atoms in total. The van der Waals surface area contributed by atoms with Gasteiger partial charge in [0, 0.05) is 5.75 Å². The molecule has 0 unspecified atom stereocenters. The summed E-state index contributed by atoms with van der Waals surface area (Å²) in [6, 6.07) is 7.23. The van der Waals surface area contributed by atoms with E-state index in [4.69, 9.17) is 5.73 Å². The zero-order valence-corrected chi connectivity index (χ0v) is 13.7. The highest BCUT2D eigenvalue weighted by Gasteiger charge is 2.53. The number of aliphatic carboxylic acids is 1. The maximum atomic E-state index is 12.3. The molecule has 0 saturated carbocycles. The Labute approximate surface area is 142 Å². The predicted molar refractivity (Wildman–Crippen MR) is 88.7 cm³/mol. The highest BCUT2D eigenvalue weighted by Crippen LogP contribution is 2.40. The van der Waals surface area contributed by atoms with Gasteiger partial charge in [0.15, 0.2) is 0 Å². The van der Waals surface area contributed by atoms with Crippen LogP contribution in [0.15, 0.2) is 41.6 Å². The molecule has 1 aromatic rings. The number of β-lactam (4-membered cyclic amide) rings is 1. The molecular formula is C16H17N3O4S. The first-order valence-corrected chi connectivity index (χ1v) is 8.45. The Balaban J connectivity index is 1.71. The highest BCUT2D eigenvalue weighted by atomic mass is 32.2. The number of hydrogen-bond acceptors (Lipinski definition) is 5. The zero-order chi connectivity index (χ0) is 17.4. The highest BCUT2D eigenvalue weighted by molar-refractivity contribution is 8.00. The smallest absolute Gasteiger partial charge is 0.352 e. The summed E-state index contributed by atoms with van der Waals surface area (Å²) in [7, 11) is 0. The van der Waals surface area contributed by atoms with Gasteiger partial charge in [-0.3, -0.25) is 14.5 Å². The average molecular weight is 347 g/mol. The Morgan fingerprint density at radius 2 is 2.04 bits per heavy atom. The van der Waals surface area contributed by atoms with Crippen LogP contribution in [0.2, 0.25) is 0 Å². The quantitative estimate of drug-likeness (QED) is 0.682. The lowest BCUT2D eigenvalue weighted by Gasteiger charge is -2.49. The normalized spacial score (nSPS) is 24.1. The minimum absolute atomic E-state index is 0.0154. The average Bonchev–Trinajstić information content (AvgIpc) is 2.59. The van der Waals surface area contributed by atoms with Crippen molar-refractivity contribution >= 4 is 29.5 Å². The molecule has 0 bridgehead atoms. The fraction of sp³-hybridized carbons (Fsp3) is 0.312. The van der Waals surface area contributed by atoms with Gasteiger partial charge in [-0.2, -0.15) is 0 Å². The fourth-order valence-electron chi connectivity index (χ4n) is 2.83. The summed E-state index contributed by atoms with van der Waals surface area (Å²) in [6.07, 6.45) is 0. The van der Waals surface area contributed by atoms with Gasteiger partial charge >= 0.3 is 5.97 Å². The molecule has 0 aromatic heterocycles. The molecule has 24 heavy (non-hydrogen) atoms. The summed E-state index contributed by atoms with van der Waals surface area (Å²) < 4.78 is 0. The van der Waals surface area contributed by atoms with Crippen LogP contribution >= 0.6 is 11.8 Å². The van der Waals surface area contributed by atoms with Crippen LogP contribution in [0.4, 0.5) is 0 Å². The molecule has 0 spiro atoms. The van der Waals surface area contributed by atoms with E-state index in [1.54, 1.807) is 31.2 Å². The standard InChI is InChI=1S/C16H17N3O4S/c1-8-7-24-15-11(14(21)19(15)12(8)16(22)23)18-13(20)10(17)9-5-3-2-4-6-9/h2-6,10-11,15H,7,17H2,1H3,(H,18,20)(H,22,23)/t10-,11-,15+/m0/s1. The number of rotatable bonds is 4. The van der Waals surface area contributed by atoms with E-state index in [0.29, 0.717) is 16.9 Å². The molecule has 2 aliphatic rings. The number of nitrogens with zero attached hydrogens (tertiary/aromatic N) is 1. The molecule has 0 radical (unpaired) electrons. The summed E-state index contributed by atoms with van der Waals surface area (Å²) >= 11 is 1.43. The number of nitrogens with one attached hydrogen (secondary N) is 1. The van der Waals surface area contributed by atoms with Crippen LogP contribution < -0.4 is 11.1 Å². The van der Waals surface area contributed by atoms with Gasteiger partial charge in [0.25, 0.3) is 5.91 Å². The Morgan fingerprint density at radius 1 is 1.38 bits per heavy atom. The summed E-state index contributed by atoms with van der Waals surface area (Å²) in [4.78, 5) is 37.2. The van der Waals surface area contributed by atoms with Gasteiger partial charge in [-0.15, -0.1) is 11.8 Å². The van der Waals surface area contributed by atoms with E-state index >= 15 is 0 Å². The molecule has 2 amide bonds. The lowest BCUT2D eigenvalue weighted by Crippen LogP contribution is -2.71. The summed E-state index contributed by atoms with van der Waals surface area (Å²) in [6.45, 7) is 1.69. The number of thioether (sulfide) groups is 1. The van der Waals surface area contributed by atoms with Gasteiger partial charge in [-0.05, 0) is 18.1 Å². The molecule has 0 aliphatic carbocycles.